The summed E-state index contributed by atoms with van der Waals surface area (Å²) < 4.78 is 35.9. The number of nitrogens with one attached hydrogen (secondary N) is 2. The molecular weight excluding hydrogens is 281 g/mol. The summed E-state index contributed by atoms with van der Waals surface area (Å²) in [6, 6.07) is 4.73. The minimum atomic E-state index is -4.99. The van der Waals surface area contributed by atoms with E-state index in [0.717, 1.165) is 12.1 Å². The van der Waals surface area contributed by atoms with E-state index in [1.165, 1.54) is 12.1 Å². The van der Waals surface area contributed by atoms with Crippen LogP contribution in [0.3, 0.4) is 0 Å². The van der Waals surface area contributed by atoms with Crippen LogP contribution in [0, 0.1) is 0 Å². The minimum Gasteiger partial charge on any atom is -0.481 e. The fourth-order valence-corrected chi connectivity index (χ4v) is 1.18. The summed E-state index contributed by atoms with van der Waals surface area (Å²) in [7, 11) is 0. The summed E-state index contributed by atoms with van der Waals surface area (Å²) in [4.78, 5) is 32.0. The van der Waals surface area contributed by atoms with Gasteiger partial charge in [0.2, 0.25) is 5.91 Å². The van der Waals surface area contributed by atoms with E-state index < -0.39 is 30.4 Å². The van der Waals surface area contributed by atoms with Crippen LogP contribution in [0.25, 0.3) is 0 Å². The average molecular weight is 290 g/mol. The largest absolute Gasteiger partial charge is 0.481 e. The van der Waals surface area contributed by atoms with Gasteiger partial charge >= 0.3 is 18.1 Å². The highest BCUT2D eigenvalue weighted by Crippen LogP contribution is 2.19. The van der Waals surface area contributed by atoms with Crippen molar-refractivity contribution < 1.29 is 32.7 Å². The van der Waals surface area contributed by atoms with Crippen molar-refractivity contribution in [3.8, 4) is 0 Å². The fourth-order valence-electron chi connectivity index (χ4n) is 1.18. The maximum atomic E-state index is 12.0. The van der Waals surface area contributed by atoms with Gasteiger partial charge in [-0.3, -0.25) is 14.4 Å². The smallest absolute Gasteiger partial charge is 0.471 e. The molecule has 1 aromatic carbocycles. The van der Waals surface area contributed by atoms with Gasteiger partial charge in [-0.15, -0.1) is 0 Å². The molecule has 0 fully saturated rings. The number of benzene rings is 1. The van der Waals surface area contributed by atoms with Crippen molar-refractivity contribution in [2.45, 2.75) is 12.6 Å². The van der Waals surface area contributed by atoms with Crippen LogP contribution in [0.4, 0.5) is 24.5 Å². The molecule has 1 aromatic rings. The number of alkyl halides is 3. The number of carbonyl (C=O) groups is 3. The first-order valence-electron chi connectivity index (χ1n) is 5.18. The van der Waals surface area contributed by atoms with Crippen molar-refractivity contribution in [2.24, 2.45) is 0 Å². The Balaban J connectivity index is 2.63. The van der Waals surface area contributed by atoms with Crippen LogP contribution >= 0.6 is 0 Å². The molecule has 1 rings (SSSR count). The second kappa shape index (κ2) is 6.04. The molecular formula is C11H9F3N2O4. The lowest BCUT2D eigenvalue weighted by atomic mass is 10.2. The first-order valence-corrected chi connectivity index (χ1v) is 5.18. The quantitative estimate of drug-likeness (QED) is 0.734. The Morgan fingerprint density at radius 2 is 1.45 bits per heavy atom. The van der Waals surface area contributed by atoms with Gasteiger partial charge in [-0.1, -0.05) is 0 Å². The number of aliphatic carboxylic acids is 1. The number of carboxylic acid groups (broad SMARTS) is 1. The molecule has 0 atom stereocenters. The second-order valence-electron chi connectivity index (χ2n) is 3.65. The SMILES string of the molecule is O=C(O)CC(=O)Nc1ccc(NC(=O)C(F)(F)F)cc1. The third-order valence-electron chi connectivity index (χ3n) is 2.00. The first kappa shape index (κ1) is 15.5. The number of anilines is 2. The predicted molar refractivity (Wildman–Crippen MR) is 62.0 cm³/mol. The third-order valence-corrected chi connectivity index (χ3v) is 2.00. The summed E-state index contributed by atoms with van der Waals surface area (Å²) in [6.45, 7) is 0. The Morgan fingerprint density at radius 3 is 1.85 bits per heavy atom. The van der Waals surface area contributed by atoms with E-state index in [0.29, 0.717) is 0 Å². The summed E-state index contributed by atoms with van der Waals surface area (Å²) in [5.74, 6) is -4.19. The number of halogens is 3. The van der Waals surface area contributed by atoms with Crippen molar-refractivity contribution in [1.82, 2.24) is 0 Å². The molecule has 6 nitrogen and oxygen atoms in total. The maximum absolute atomic E-state index is 12.0. The van der Waals surface area contributed by atoms with E-state index in [-0.39, 0.29) is 11.4 Å². The Labute approximate surface area is 110 Å². The van der Waals surface area contributed by atoms with Crippen molar-refractivity contribution in [2.75, 3.05) is 10.6 Å². The normalized spacial score (nSPS) is 10.8. The molecule has 3 N–H and O–H groups in total. The van der Waals surface area contributed by atoms with Crippen LogP contribution < -0.4 is 10.6 Å². The average Bonchev–Trinajstić information content (AvgIpc) is 2.29. The van der Waals surface area contributed by atoms with Crippen LogP contribution in [0.1, 0.15) is 6.42 Å². The Kier molecular flexibility index (Phi) is 4.68. The monoisotopic (exact) mass is 290 g/mol. The standard InChI is InChI=1S/C11H9F3N2O4/c12-11(13,14)10(20)16-7-3-1-6(2-4-7)15-8(17)5-9(18)19/h1-4H,5H2,(H,15,17)(H,16,20)(H,18,19). The Morgan fingerprint density at radius 1 is 1.00 bits per heavy atom. The minimum absolute atomic E-state index is 0.108. The third kappa shape index (κ3) is 4.96. The number of rotatable bonds is 4. The van der Waals surface area contributed by atoms with E-state index in [1.54, 1.807) is 5.32 Å². The maximum Gasteiger partial charge on any atom is 0.471 e. The first-order chi connectivity index (χ1) is 9.18. The Hall–Kier alpha value is -2.58. The van der Waals surface area contributed by atoms with Gasteiger partial charge in [0.05, 0.1) is 0 Å². The highest BCUT2D eigenvalue weighted by molar-refractivity contribution is 6.01. The number of amides is 2. The van der Waals surface area contributed by atoms with Gasteiger partial charge in [-0.05, 0) is 24.3 Å². The molecule has 9 heteroatoms. The van der Waals surface area contributed by atoms with Crippen LogP contribution in [0.2, 0.25) is 0 Å². The molecule has 0 saturated heterocycles. The molecule has 0 bridgehead atoms. The number of hydrogen-bond acceptors (Lipinski definition) is 3. The molecule has 0 saturated carbocycles. The van der Waals surface area contributed by atoms with E-state index in [1.807, 2.05) is 0 Å². The molecule has 0 aliphatic rings. The van der Waals surface area contributed by atoms with Crippen molar-refractivity contribution in [1.29, 1.82) is 0 Å². The van der Waals surface area contributed by atoms with Gasteiger partial charge in [-0.25, -0.2) is 0 Å². The Bertz CT molecular complexity index is 525. The van der Waals surface area contributed by atoms with E-state index >= 15 is 0 Å². The van der Waals surface area contributed by atoms with Gasteiger partial charge in [0.15, 0.2) is 0 Å². The zero-order valence-electron chi connectivity index (χ0n) is 9.82. The molecule has 108 valence electrons. The lowest BCUT2D eigenvalue weighted by Crippen LogP contribution is -2.29. The molecule has 0 aromatic heterocycles. The van der Waals surface area contributed by atoms with Gasteiger partial charge in [0, 0.05) is 11.4 Å². The molecule has 0 radical (unpaired) electrons. The van der Waals surface area contributed by atoms with E-state index in [4.69, 9.17) is 5.11 Å². The summed E-state index contributed by atoms with van der Waals surface area (Å²) in [5, 5.41) is 12.2. The zero-order valence-corrected chi connectivity index (χ0v) is 9.82. The molecule has 20 heavy (non-hydrogen) atoms. The van der Waals surface area contributed by atoms with Gasteiger partial charge in [0.1, 0.15) is 6.42 Å². The summed E-state index contributed by atoms with van der Waals surface area (Å²) in [6.07, 6.45) is -5.72. The van der Waals surface area contributed by atoms with E-state index in [2.05, 4.69) is 5.32 Å². The van der Waals surface area contributed by atoms with Crippen LogP contribution in [0.5, 0.6) is 0 Å². The highest BCUT2D eigenvalue weighted by Gasteiger charge is 2.38. The number of carbonyl (C=O) groups excluding carboxylic acids is 2. The second-order valence-corrected chi connectivity index (χ2v) is 3.65. The molecule has 0 aliphatic heterocycles. The molecule has 0 unspecified atom stereocenters. The topological polar surface area (TPSA) is 95.5 Å². The van der Waals surface area contributed by atoms with Crippen molar-refractivity contribution in [3.63, 3.8) is 0 Å². The van der Waals surface area contributed by atoms with Crippen LogP contribution in [-0.4, -0.2) is 29.1 Å². The predicted octanol–water partition coefficient (Wildman–Crippen LogP) is 1.60. The molecule has 0 heterocycles. The molecule has 2 amide bonds. The summed E-state index contributed by atoms with van der Waals surface area (Å²) in [5.41, 5.74) is 0.0878. The zero-order chi connectivity index (χ0) is 15.3. The fraction of sp³-hybridized carbons (Fsp3) is 0.182. The lowest BCUT2D eigenvalue weighted by Gasteiger charge is -2.09. The molecule has 0 aliphatic carbocycles. The van der Waals surface area contributed by atoms with Gasteiger partial charge in [-0.2, -0.15) is 13.2 Å². The molecule has 0 spiro atoms. The van der Waals surface area contributed by atoms with Crippen molar-refractivity contribution >= 4 is 29.2 Å². The van der Waals surface area contributed by atoms with Gasteiger partial charge < -0.3 is 15.7 Å². The number of carboxylic acids is 1. The van der Waals surface area contributed by atoms with Crippen molar-refractivity contribution in [3.05, 3.63) is 24.3 Å². The van der Waals surface area contributed by atoms with Crippen LogP contribution in [0.15, 0.2) is 24.3 Å². The number of hydrogen-bond donors (Lipinski definition) is 3. The highest BCUT2D eigenvalue weighted by atomic mass is 19.4. The van der Waals surface area contributed by atoms with Crippen LogP contribution in [-0.2, 0) is 14.4 Å². The lowest BCUT2D eigenvalue weighted by molar-refractivity contribution is -0.167. The van der Waals surface area contributed by atoms with Gasteiger partial charge in [0.25, 0.3) is 0 Å². The van der Waals surface area contributed by atoms with E-state index in [9.17, 15) is 27.6 Å². The summed E-state index contributed by atoms with van der Waals surface area (Å²) >= 11 is 0.